The maximum absolute atomic E-state index is 12.5. The fraction of sp³-hybridized carbons (Fsp3) is 0.462. The van der Waals surface area contributed by atoms with Crippen LogP contribution in [-0.4, -0.2) is 35.5 Å². The van der Waals surface area contributed by atoms with E-state index in [1.165, 1.54) is 0 Å². The van der Waals surface area contributed by atoms with Gasteiger partial charge >= 0.3 is 0 Å². The number of hydrogen-bond donors (Lipinski definition) is 0. The summed E-state index contributed by atoms with van der Waals surface area (Å²) in [4.78, 5) is 15.4. The lowest BCUT2D eigenvalue weighted by Crippen LogP contribution is -2.34. The second kappa shape index (κ2) is 6.18. The van der Waals surface area contributed by atoms with Gasteiger partial charge in [-0.25, -0.2) is 0 Å². The molecule has 2 nitrogen and oxygen atoms in total. The van der Waals surface area contributed by atoms with Crippen LogP contribution in [0.3, 0.4) is 0 Å². The summed E-state index contributed by atoms with van der Waals surface area (Å²) in [5, 5.41) is 0.512. The van der Waals surface area contributed by atoms with E-state index in [1.807, 2.05) is 23.3 Å². The van der Waals surface area contributed by atoms with E-state index in [-0.39, 0.29) is 5.91 Å². The quantitative estimate of drug-likeness (QED) is 0.607. The molecule has 1 aliphatic carbocycles. The van der Waals surface area contributed by atoms with Gasteiger partial charge < -0.3 is 4.90 Å². The van der Waals surface area contributed by atoms with Crippen LogP contribution in [-0.2, 0) is 0 Å². The van der Waals surface area contributed by atoms with E-state index in [4.69, 9.17) is 23.2 Å². The molecule has 0 unspecified atom stereocenters. The molecule has 0 radical (unpaired) electrons. The smallest absolute Gasteiger partial charge is 0.255 e. The van der Waals surface area contributed by atoms with Crippen molar-refractivity contribution in [1.82, 2.24) is 4.90 Å². The van der Waals surface area contributed by atoms with Gasteiger partial charge in [0.2, 0.25) is 0 Å². The van der Waals surface area contributed by atoms with Crippen molar-refractivity contribution in [2.75, 3.05) is 18.7 Å². The summed E-state index contributed by atoms with van der Waals surface area (Å²) >= 11 is 13.5. The molecular weight excluding hydrogens is 289 g/mol. The molecular formula is C13H15Cl2NOS. The fourth-order valence-corrected chi connectivity index (χ4v) is 2.70. The molecule has 98 valence electrons. The van der Waals surface area contributed by atoms with Gasteiger partial charge in [0.25, 0.3) is 5.91 Å². The number of thioether (sulfide) groups is 1. The SMILES string of the molecule is CSc1ccc(Cl)c(C(=O)N(CCCl)C2CC2)c1. The van der Waals surface area contributed by atoms with Crippen LogP contribution in [0.2, 0.25) is 5.02 Å². The topological polar surface area (TPSA) is 20.3 Å². The molecule has 1 aliphatic rings. The molecule has 1 aromatic rings. The number of benzene rings is 1. The van der Waals surface area contributed by atoms with E-state index < -0.39 is 0 Å². The largest absolute Gasteiger partial charge is 0.334 e. The standard InChI is InChI=1S/C13H15Cl2NOS/c1-18-10-4-5-12(15)11(8-10)13(17)16(7-6-14)9-2-3-9/h4-5,8-9H,2-3,6-7H2,1H3. The Bertz CT molecular complexity index is 449. The van der Waals surface area contributed by atoms with Gasteiger partial charge in [-0.1, -0.05) is 11.6 Å². The summed E-state index contributed by atoms with van der Waals surface area (Å²) in [5.41, 5.74) is 0.584. The Hall–Kier alpha value is -0.380. The summed E-state index contributed by atoms with van der Waals surface area (Å²) in [6.45, 7) is 0.588. The van der Waals surface area contributed by atoms with E-state index in [9.17, 15) is 4.79 Å². The lowest BCUT2D eigenvalue weighted by Gasteiger charge is -2.22. The second-order valence-corrected chi connectivity index (χ2v) is 5.93. The molecule has 1 aromatic carbocycles. The Morgan fingerprint density at radius 3 is 2.78 bits per heavy atom. The average Bonchev–Trinajstić information content (AvgIpc) is 3.20. The fourth-order valence-electron chi connectivity index (χ4n) is 1.88. The Morgan fingerprint density at radius 1 is 1.50 bits per heavy atom. The number of halogens is 2. The first-order valence-electron chi connectivity index (χ1n) is 5.88. The Morgan fingerprint density at radius 2 is 2.22 bits per heavy atom. The second-order valence-electron chi connectivity index (χ2n) is 4.26. The lowest BCUT2D eigenvalue weighted by atomic mass is 10.2. The summed E-state index contributed by atoms with van der Waals surface area (Å²) in [6.07, 6.45) is 4.12. The average molecular weight is 304 g/mol. The zero-order valence-corrected chi connectivity index (χ0v) is 12.5. The molecule has 0 aliphatic heterocycles. The molecule has 0 heterocycles. The van der Waals surface area contributed by atoms with E-state index in [0.29, 0.717) is 29.1 Å². The van der Waals surface area contributed by atoms with Crippen molar-refractivity contribution in [2.45, 2.75) is 23.8 Å². The van der Waals surface area contributed by atoms with Crippen LogP contribution in [0.25, 0.3) is 0 Å². The molecule has 0 saturated heterocycles. The zero-order valence-electron chi connectivity index (χ0n) is 10.2. The minimum Gasteiger partial charge on any atom is -0.334 e. The first kappa shape index (κ1) is 14.0. The Balaban J connectivity index is 2.25. The molecule has 0 N–H and O–H groups in total. The molecule has 0 spiro atoms. The van der Waals surface area contributed by atoms with Crippen molar-refractivity contribution in [2.24, 2.45) is 0 Å². The normalized spacial score (nSPS) is 14.6. The van der Waals surface area contributed by atoms with Crippen LogP contribution in [0, 0.1) is 0 Å². The Kier molecular flexibility index (Phi) is 4.82. The Labute approximate surface area is 122 Å². The zero-order chi connectivity index (χ0) is 13.1. The highest BCUT2D eigenvalue weighted by Crippen LogP contribution is 2.31. The van der Waals surface area contributed by atoms with Gasteiger partial charge in [-0.3, -0.25) is 4.79 Å². The van der Waals surface area contributed by atoms with Crippen molar-refractivity contribution in [3.8, 4) is 0 Å². The third kappa shape index (κ3) is 3.14. The highest BCUT2D eigenvalue weighted by molar-refractivity contribution is 7.98. The van der Waals surface area contributed by atoms with E-state index in [2.05, 4.69) is 0 Å². The number of alkyl halides is 1. The highest BCUT2D eigenvalue weighted by atomic mass is 35.5. The first-order valence-corrected chi connectivity index (χ1v) is 8.01. The molecule has 18 heavy (non-hydrogen) atoms. The molecule has 0 bridgehead atoms. The lowest BCUT2D eigenvalue weighted by molar-refractivity contribution is 0.0753. The van der Waals surface area contributed by atoms with Gasteiger partial charge in [0.15, 0.2) is 0 Å². The molecule has 1 amide bonds. The highest BCUT2D eigenvalue weighted by Gasteiger charge is 2.33. The van der Waals surface area contributed by atoms with Gasteiger partial charge in [0, 0.05) is 23.4 Å². The van der Waals surface area contributed by atoms with E-state index >= 15 is 0 Å². The molecule has 0 aromatic heterocycles. The number of rotatable bonds is 5. The third-order valence-corrected chi connectivity index (χ3v) is 4.20. The van der Waals surface area contributed by atoms with E-state index in [0.717, 1.165) is 17.7 Å². The maximum atomic E-state index is 12.5. The number of amides is 1. The van der Waals surface area contributed by atoms with Gasteiger partial charge in [-0.15, -0.1) is 23.4 Å². The number of carbonyl (C=O) groups is 1. The predicted molar refractivity (Wildman–Crippen MR) is 78.0 cm³/mol. The van der Waals surface area contributed by atoms with Gasteiger partial charge in [0.1, 0.15) is 0 Å². The first-order chi connectivity index (χ1) is 8.67. The van der Waals surface area contributed by atoms with Crippen molar-refractivity contribution in [1.29, 1.82) is 0 Å². The van der Waals surface area contributed by atoms with Crippen LogP contribution >= 0.6 is 35.0 Å². The van der Waals surface area contributed by atoms with Crippen molar-refractivity contribution in [3.63, 3.8) is 0 Å². The van der Waals surface area contributed by atoms with Gasteiger partial charge in [-0.2, -0.15) is 0 Å². The van der Waals surface area contributed by atoms with Crippen LogP contribution in [0.4, 0.5) is 0 Å². The van der Waals surface area contributed by atoms with Crippen molar-refractivity contribution >= 4 is 40.9 Å². The van der Waals surface area contributed by atoms with Crippen LogP contribution in [0.15, 0.2) is 23.1 Å². The summed E-state index contributed by atoms with van der Waals surface area (Å²) in [6, 6.07) is 5.92. The van der Waals surface area contributed by atoms with Crippen molar-refractivity contribution < 1.29 is 4.79 Å². The summed E-state index contributed by atoms with van der Waals surface area (Å²) in [5.74, 6) is 0.460. The summed E-state index contributed by atoms with van der Waals surface area (Å²) < 4.78 is 0. The minimum atomic E-state index is -0.000880. The number of hydrogen-bond acceptors (Lipinski definition) is 2. The van der Waals surface area contributed by atoms with Crippen LogP contribution in [0.1, 0.15) is 23.2 Å². The molecule has 1 saturated carbocycles. The molecule has 1 fully saturated rings. The molecule has 5 heteroatoms. The monoisotopic (exact) mass is 303 g/mol. The number of carbonyl (C=O) groups excluding carboxylic acids is 1. The van der Waals surface area contributed by atoms with Gasteiger partial charge in [-0.05, 0) is 37.3 Å². The predicted octanol–water partition coefficient (Wildman–Crippen LogP) is 3.91. The third-order valence-electron chi connectivity index (χ3n) is 2.98. The molecule has 2 rings (SSSR count). The minimum absolute atomic E-state index is 0.000880. The van der Waals surface area contributed by atoms with Crippen molar-refractivity contribution in [3.05, 3.63) is 28.8 Å². The summed E-state index contributed by atoms with van der Waals surface area (Å²) in [7, 11) is 0. The van der Waals surface area contributed by atoms with Crippen LogP contribution < -0.4 is 0 Å². The van der Waals surface area contributed by atoms with Gasteiger partial charge in [0.05, 0.1) is 10.6 Å². The van der Waals surface area contributed by atoms with E-state index in [1.54, 1.807) is 17.8 Å². The maximum Gasteiger partial charge on any atom is 0.255 e. The van der Waals surface area contributed by atoms with Crippen LogP contribution in [0.5, 0.6) is 0 Å². The molecule has 0 atom stereocenters. The number of nitrogens with zero attached hydrogens (tertiary/aromatic N) is 1.